The molecule has 0 bridgehead atoms. The van der Waals surface area contributed by atoms with Gasteiger partial charge in [0.25, 0.3) is 0 Å². The minimum atomic E-state index is -0.768. The number of rotatable bonds is 6. The van der Waals surface area contributed by atoms with E-state index in [1.165, 1.54) is 12.8 Å². The lowest BCUT2D eigenvalue weighted by Gasteiger charge is -2.37. The number of ether oxygens (including phenoxy) is 1. The molecule has 0 amide bonds. The fourth-order valence-electron chi connectivity index (χ4n) is 4.36. The van der Waals surface area contributed by atoms with Crippen LogP contribution in [0.15, 0.2) is 36.4 Å². The number of fused-ring (bicyclic) bond motifs is 1. The summed E-state index contributed by atoms with van der Waals surface area (Å²) in [7, 11) is 1.94. The molecule has 1 atom stereocenters. The number of nitrogens with zero attached hydrogens (tertiary/aromatic N) is 1. The number of carbonyl (C=O) groups is 1. The second-order valence-electron chi connectivity index (χ2n) is 9.77. The van der Waals surface area contributed by atoms with E-state index in [-0.39, 0.29) is 0 Å². The van der Waals surface area contributed by atoms with Gasteiger partial charge < -0.3 is 14.7 Å². The highest BCUT2D eigenvalue weighted by Gasteiger charge is 2.30. The lowest BCUT2D eigenvalue weighted by atomic mass is 9.72. The Morgan fingerprint density at radius 3 is 2.34 bits per heavy atom. The van der Waals surface area contributed by atoms with Gasteiger partial charge in [-0.25, -0.2) is 0 Å². The monoisotopic (exact) mass is 397 g/mol. The van der Waals surface area contributed by atoms with Crippen LogP contribution in [0.5, 0.6) is 5.75 Å². The van der Waals surface area contributed by atoms with Gasteiger partial charge in [0.05, 0.1) is 12.0 Å². The van der Waals surface area contributed by atoms with Crippen molar-refractivity contribution in [2.75, 3.05) is 18.5 Å². The molecule has 4 heteroatoms. The van der Waals surface area contributed by atoms with E-state index >= 15 is 0 Å². The molecule has 0 aliphatic heterocycles. The molecule has 158 valence electrons. The summed E-state index contributed by atoms with van der Waals surface area (Å²) in [6.45, 7) is 9.25. The first-order chi connectivity index (χ1) is 13.6. The van der Waals surface area contributed by atoms with Crippen molar-refractivity contribution >= 4 is 22.4 Å². The van der Waals surface area contributed by atoms with Crippen LogP contribution in [0.1, 0.15) is 53.4 Å². The predicted molar refractivity (Wildman–Crippen MR) is 120 cm³/mol. The Morgan fingerprint density at radius 1 is 1.10 bits per heavy atom. The van der Waals surface area contributed by atoms with Crippen LogP contribution in [0, 0.1) is 17.3 Å². The van der Waals surface area contributed by atoms with E-state index in [1.54, 1.807) is 6.92 Å². The number of carboxylic acids is 1. The van der Waals surface area contributed by atoms with Gasteiger partial charge >= 0.3 is 5.97 Å². The number of aliphatic carboxylic acids is 1. The van der Waals surface area contributed by atoms with Gasteiger partial charge in [0.1, 0.15) is 5.75 Å². The van der Waals surface area contributed by atoms with E-state index in [4.69, 9.17) is 9.84 Å². The summed E-state index contributed by atoms with van der Waals surface area (Å²) in [5.74, 6) is 0.561. The SMILES string of the molecule is CC(CN(C)c1ccc2cc(O[C@H]3CC[C@H](C(C)(C)C)CC3)ccc2c1)C(=O)O. The van der Waals surface area contributed by atoms with Gasteiger partial charge in [0, 0.05) is 19.3 Å². The maximum Gasteiger partial charge on any atom is 0.308 e. The molecule has 1 aliphatic carbocycles. The predicted octanol–water partition coefficient (Wildman–Crippen LogP) is 5.98. The third kappa shape index (κ3) is 5.43. The van der Waals surface area contributed by atoms with Crippen LogP contribution in [0.25, 0.3) is 10.8 Å². The Labute approximate surface area is 174 Å². The van der Waals surface area contributed by atoms with Gasteiger partial charge in [0.15, 0.2) is 0 Å². The van der Waals surface area contributed by atoms with E-state index in [9.17, 15) is 4.79 Å². The molecular weight excluding hydrogens is 362 g/mol. The number of hydrogen-bond donors (Lipinski definition) is 1. The van der Waals surface area contributed by atoms with Crippen molar-refractivity contribution in [1.82, 2.24) is 0 Å². The number of anilines is 1. The summed E-state index contributed by atoms with van der Waals surface area (Å²) in [6.07, 6.45) is 5.06. The smallest absolute Gasteiger partial charge is 0.308 e. The minimum Gasteiger partial charge on any atom is -0.490 e. The van der Waals surface area contributed by atoms with Crippen molar-refractivity contribution in [3.63, 3.8) is 0 Å². The molecule has 1 fully saturated rings. The molecular formula is C25H35NO3. The van der Waals surface area contributed by atoms with Gasteiger partial charge in [-0.3, -0.25) is 4.79 Å². The van der Waals surface area contributed by atoms with Crippen molar-refractivity contribution in [1.29, 1.82) is 0 Å². The lowest BCUT2D eigenvalue weighted by molar-refractivity contribution is -0.140. The Balaban J connectivity index is 1.64. The second kappa shape index (κ2) is 8.64. The fraction of sp³-hybridized carbons (Fsp3) is 0.560. The zero-order valence-electron chi connectivity index (χ0n) is 18.4. The van der Waals surface area contributed by atoms with Gasteiger partial charge in [-0.1, -0.05) is 39.8 Å². The van der Waals surface area contributed by atoms with Crippen molar-refractivity contribution in [2.24, 2.45) is 17.3 Å². The van der Waals surface area contributed by atoms with E-state index < -0.39 is 11.9 Å². The number of hydrogen-bond acceptors (Lipinski definition) is 3. The summed E-state index contributed by atoms with van der Waals surface area (Å²) in [5, 5.41) is 11.4. The van der Waals surface area contributed by atoms with Crippen LogP contribution in [0.4, 0.5) is 5.69 Å². The summed E-state index contributed by atoms with van der Waals surface area (Å²) in [5.41, 5.74) is 1.42. The molecule has 0 radical (unpaired) electrons. The molecule has 2 aromatic carbocycles. The van der Waals surface area contributed by atoms with Crippen LogP contribution < -0.4 is 9.64 Å². The molecule has 4 nitrogen and oxygen atoms in total. The van der Waals surface area contributed by atoms with Gasteiger partial charge in [0.2, 0.25) is 0 Å². The maximum absolute atomic E-state index is 11.1. The highest BCUT2D eigenvalue weighted by atomic mass is 16.5. The normalized spacial score (nSPS) is 21.0. The minimum absolute atomic E-state index is 0.314. The summed E-state index contributed by atoms with van der Waals surface area (Å²) < 4.78 is 6.31. The van der Waals surface area contributed by atoms with Crippen molar-refractivity contribution in [2.45, 2.75) is 59.5 Å². The molecule has 1 unspecified atom stereocenters. The first-order valence-electron chi connectivity index (χ1n) is 10.8. The van der Waals surface area contributed by atoms with E-state index in [0.29, 0.717) is 18.1 Å². The number of carboxylic acid groups (broad SMARTS) is 1. The Hall–Kier alpha value is -2.23. The van der Waals surface area contributed by atoms with E-state index in [0.717, 1.165) is 41.0 Å². The Kier molecular flexibility index (Phi) is 6.40. The highest BCUT2D eigenvalue weighted by Crippen LogP contribution is 2.39. The topological polar surface area (TPSA) is 49.8 Å². The largest absolute Gasteiger partial charge is 0.490 e. The fourth-order valence-corrected chi connectivity index (χ4v) is 4.36. The van der Waals surface area contributed by atoms with Crippen molar-refractivity contribution in [3.05, 3.63) is 36.4 Å². The van der Waals surface area contributed by atoms with Gasteiger partial charge in [-0.2, -0.15) is 0 Å². The summed E-state index contributed by atoms with van der Waals surface area (Å²) in [6, 6.07) is 12.5. The molecule has 29 heavy (non-hydrogen) atoms. The van der Waals surface area contributed by atoms with Crippen LogP contribution in [0.3, 0.4) is 0 Å². The zero-order chi connectivity index (χ0) is 21.2. The van der Waals surface area contributed by atoms with Gasteiger partial charge in [-0.15, -0.1) is 0 Å². The quantitative estimate of drug-likeness (QED) is 0.651. The molecule has 1 saturated carbocycles. The molecule has 2 aromatic rings. The Morgan fingerprint density at radius 2 is 1.72 bits per heavy atom. The van der Waals surface area contributed by atoms with Crippen LogP contribution in [0.2, 0.25) is 0 Å². The molecule has 0 saturated heterocycles. The molecule has 1 aliphatic rings. The van der Waals surface area contributed by atoms with Crippen LogP contribution >= 0.6 is 0 Å². The third-order valence-corrected chi connectivity index (χ3v) is 6.41. The van der Waals surface area contributed by atoms with E-state index in [2.05, 4.69) is 57.2 Å². The standard InChI is InChI=1S/C25H35NO3/c1-17(24(27)28)16-26(5)21-10-6-19-15-23(11-7-18(19)14-21)29-22-12-8-20(9-13-22)25(2,3)4/h6-7,10-11,14-15,17,20,22H,8-9,12-13,16H2,1-5H3,(H,27,28)/t17?,20-,22-. The Bertz CT molecular complexity index is 847. The summed E-state index contributed by atoms with van der Waals surface area (Å²) >= 11 is 0. The van der Waals surface area contributed by atoms with Crippen molar-refractivity contribution < 1.29 is 14.6 Å². The van der Waals surface area contributed by atoms with E-state index in [1.807, 2.05) is 11.9 Å². The first-order valence-corrected chi connectivity index (χ1v) is 10.8. The molecule has 3 rings (SSSR count). The summed E-state index contributed by atoms with van der Waals surface area (Å²) in [4.78, 5) is 13.1. The lowest BCUT2D eigenvalue weighted by Crippen LogP contribution is -2.30. The average molecular weight is 398 g/mol. The molecule has 1 N–H and O–H groups in total. The second-order valence-corrected chi connectivity index (χ2v) is 9.77. The number of benzene rings is 2. The third-order valence-electron chi connectivity index (χ3n) is 6.41. The highest BCUT2D eigenvalue weighted by molar-refractivity contribution is 5.87. The van der Waals surface area contributed by atoms with Gasteiger partial charge in [-0.05, 0) is 72.1 Å². The maximum atomic E-state index is 11.1. The molecule has 0 heterocycles. The van der Waals surface area contributed by atoms with Crippen molar-refractivity contribution in [3.8, 4) is 5.75 Å². The van der Waals surface area contributed by atoms with Crippen LogP contribution in [-0.4, -0.2) is 30.8 Å². The molecule has 0 aromatic heterocycles. The zero-order valence-corrected chi connectivity index (χ0v) is 18.4. The first kappa shape index (κ1) is 21.5. The molecule has 0 spiro atoms. The van der Waals surface area contributed by atoms with Crippen LogP contribution in [-0.2, 0) is 4.79 Å². The average Bonchev–Trinajstić information content (AvgIpc) is 2.67.